The van der Waals surface area contributed by atoms with E-state index in [1.54, 1.807) is 0 Å². The SMILES string of the molecule is CCCNC(CS(=O)c1cccc(C)c1)C1CCOC1. The molecule has 1 fully saturated rings. The van der Waals surface area contributed by atoms with Crippen molar-refractivity contribution in [2.24, 2.45) is 5.92 Å². The fraction of sp³-hybridized carbons (Fsp3) is 0.625. The molecule has 0 radical (unpaired) electrons. The number of nitrogens with one attached hydrogen (secondary N) is 1. The maximum atomic E-state index is 12.6. The topological polar surface area (TPSA) is 38.3 Å². The van der Waals surface area contributed by atoms with Crippen LogP contribution in [0.1, 0.15) is 25.3 Å². The third-order valence-corrected chi connectivity index (χ3v) is 5.22. The average Bonchev–Trinajstić information content (AvgIpc) is 2.97. The summed E-state index contributed by atoms with van der Waals surface area (Å²) in [6, 6.07) is 8.30. The van der Waals surface area contributed by atoms with Gasteiger partial charge in [-0.05, 0) is 44.0 Å². The molecule has 0 spiro atoms. The summed E-state index contributed by atoms with van der Waals surface area (Å²) >= 11 is 0. The number of hydrogen-bond donors (Lipinski definition) is 1. The molecular formula is C16H25NO2S. The van der Waals surface area contributed by atoms with Gasteiger partial charge in [0, 0.05) is 29.2 Å². The summed E-state index contributed by atoms with van der Waals surface area (Å²) in [6.45, 7) is 6.82. The summed E-state index contributed by atoms with van der Waals surface area (Å²) in [6.07, 6.45) is 2.17. The highest BCUT2D eigenvalue weighted by atomic mass is 32.2. The van der Waals surface area contributed by atoms with Gasteiger partial charge in [-0.2, -0.15) is 0 Å². The van der Waals surface area contributed by atoms with Gasteiger partial charge in [0.2, 0.25) is 0 Å². The smallest absolute Gasteiger partial charge is 0.0545 e. The van der Waals surface area contributed by atoms with E-state index in [9.17, 15) is 4.21 Å². The van der Waals surface area contributed by atoms with Crippen LogP contribution in [0.2, 0.25) is 0 Å². The zero-order valence-electron chi connectivity index (χ0n) is 12.4. The van der Waals surface area contributed by atoms with Gasteiger partial charge in [-0.1, -0.05) is 19.1 Å². The molecule has 0 amide bonds. The van der Waals surface area contributed by atoms with Crippen molar-refractivity contribution in [1.29, 1.82) is 0 Å². The highest BCUT2D eigenvalue weighted by Gasteiger charge is 2.27. The van der Waals surface area contributed by atoms with Crippen molar-refractivity contribution in [3.05, 3.63) is 29.8 Å². The van der Waals surface area contributed by atoms with E-state index in [2.05, 4.69) is 12.2 Å². The van der Waals surface area contributed by atoms with Crippen molar-refractivity contribution < 1.29 is 8.95 Å². The van der Waals surface area contributed by atoms with Gasteiger partial charge in [0.25, 0.3) is 0 Å². The number of hydrogen-bond acceptors (Lipinski definition) is 3. The van der Waals surface area contributed by atoms with Crippen LogP contribution < -0.4 is 5.32 Å². The summed E-state index contributed by atoms with van der Waals surface area (Å²) in [4.78, 5) is 0.937. The number of ether oxygens (including phenoxy) is 1. The molecule has 3 unspecified atom stereocenters. The molecule has 20 heavy (non-hydrogen) atoms. The normalized spacial score (nSPS) is 21.8. The lowest BCUT2D eigenvalue weighted by Crippen LogP contribution is -2.41. The summed E-state index contributed by atoms with van der Waals surface area (Å²) in [5.41, 5.74) is 1.16. The van der Waals surface area contributed by atoms with Gasteiger partial charge >= 0.3 is 0 Å². The first-order valence-corrected chi connectivity index (χ1v) is 8.78. The third kappa shape index (κ3) is 4.40. The maximum absolute atomic E-state index is 12.6. The van der Waals surface area contributed by atoms with E-state index in [4.69, 9.17) is 4.74 Å². The van der Waals surface area contributed by atoms with E-state index in [1.165, 1.54) is 0 Å². The zero-order chi connectivity index (χ0) is 14.4. The van der Waals surface area contributed by atoms with Crippen LogP contribution in [0.15, 0.2) is 29.2 Å². The lowest BCUT2D eigenvalue weighted by molar-refractivity contribution is 0.179. The van der Waals surface area contributed by atoms with Crippen molar-refractivity contribution in [3.8, 4) is 0 Å². The summed E-state index contributed by atoms with van der Waals surface area (Å²) < 4.78 is 18.0. The highest BCUT2D eigenvalue weighted by molar-refractivity contribution is 7.85. The van der Waals surface area contributed by atoms with E-state index < -0.39 is 10.8 Å². The molecule has 1 aromatic rings. The minimum atomic E-state index is -0.941. The minimum absolute atomic E-state index is 0.291. The van der Waals surface area contributed by atoms with Crippen LogP contribution in [0.4, 0.5) is 0 Å². The molecule has 0 aromatic heterocycles. The van der Waals surface area contributed by atoms with Crippen molar-refractivity contribution in [3.63, 3.8) is 0 Å². The highest BCUT2D eigenvalue weighted by Crippen LogP contribution is 2.19. The molecule has 1 N–H and O–H groups in total. The van der Waals surface area contributed by atoms with Crippen molar-refractivity contribution in [2.45, 2.75) is 37.6 Å². The molecule has 0 aliphatic carbocycles. The Morgan fingerprint density at radius 1 is 1.50 bits per heavy atom. The van der Waals surface area contributed by atoms with Crippen LogP contribution in [-0.2, 0) is 15.5 Å². The van der Waals surface area contributed by atoms with Crippen LogP contribution in [0, 0.1) is 12.8 Å². The first kappa shape index (κ1) is 15.7. The lowest BCUT2D eigenvalue weighted by atomic mass is 10.0. The maximum Gasteiger partial charge on any atom is 0.0545 e. The number of benzene rings is 1. The van der Waals surface area contributed by atoms with Crippen LogP contribution in [0.25, 0.3) is 0 Å². The molecule has 0 bridgehead atoms. The quantitative estimate of drug-likeness (QED) is 0.840. The number of rotatable bonds is 7. The molecule has 1 saturated heterocycles. The third-order valence-electron chi connectivity index (χ3n) is 3.77. The van der Waals surface area contributed by atoms with Gasteiger partial charge in [0.15, 0.2) is 0 Å². The van der Waals surface area contributed by atoms with Crippen LogP contribution in [-0.4, -0.2) is 35.8 Å². The van der Waals surface area contributed by atoms with Gasteiger partial charge in [-0.25, -0.2) is 0 Å². The van der Waals surface area contributed by atoms with Crippen molar-refractivity contribution >= 4 is 10.8 Å². The molecule has 1 aromatic carbocycles. The molecule has 1 aliphatic heterocycles. The summed E-state index contributed by atoms with van der Waals surface area (Å²) in [5, 5.41) is 3.55. The fourth-order valence-electron chi connectivity index (χ4n) is 2.58. The average molecular weight is 295 g/mol. The molecule has 4 heteroatoms. The lowest BCUT2D eigenvalue weighted by Gasteiger charge is -2.23. The van der Waals surface area contributed by atoms with Crippen LogP contribution in [0.5, 0.6) is 0 Å². The summed E-state index contributed by atoms with van der Waals surface area (Å²) in [7, 11) is -0.941. The van der Waals surface area contributed by atoms with E-state index >= 15 is 0 Å². The van der Waals surface area contributed by atoms with Gasteiger partial charge < -0.3 is 10.1 Å². The summed E-state index contributed by atoms with van der Waals surface area (Å²) in [5.74, 6) is 1.17. The Hall–Kier alpha value is -0.710. The monoisotopic (exact) mass is 295 g/mol. The molecule has 0 saturated carbocycles. The van der Waals surface area contributed by atoms with E-state index in [0.717, 1.165) is 43.1 Å². The van der Waals surface area contributed by atoms with Gasteiger partial charge in [0.05, 0.1) is 17.4 Å². The molecule has 2 rings (SSSR count). The Bertz CT molecular complexity index is 444. The Balaban J connectivity index is 2.00. The Kier molecular flexibility index (Phi) is 6.20. The predicted octanol–water partition coefficient (Wildman–Crippen LogP) is 2.51. The second-order valence-electron chi connectivity index (χ2n) is 5.51. The first-order chi connectivity index (χ1) is 9.70. The first-order valence-electron chi connectivity index (χ1n) is 7.47. The van der Waals surface area contributed by atoms with Gasteiger partial charge in [0.1, 0.15) is 0 Å². The minimum Gasteiger partial charge on any atom is -0.381 e. The largest absolute Gasteiger partial charge is 0.381 e. The Morgan fingerprint density at radius 3 is 3.00 bits per heavy atom. The van der Waals surface area contributed by atoms with E-state index in [0.29, 0.717) is 17.7 Å². The molecule has 1 aliphatic rings. The second-order valence-corrected chi connectivity index (χ2v) is 7.01. The van der Waals surface area contributed by atoms with Crippen LogP contribution >= 0.6 is 0 Å². The van der Waals surface area contributed by atoms with Gasteiger partial charge in [-0.15, -0.1) is 0 Å². The van der Waals surface area contributed by atoms with E-state index in [-0.39, 0.29) is 0 Å². The fourth-order valence-corrected chi connectivity index (χ4v) is 4.03. The molecule has 3 atom stereocenters. The Morgan fingerprint density at radius 2 is 2.35 bits per heavy atom. The second kappa shape index (κ2) is 7.91. The number of aryl methyl sites for hydroxylation is 1. The van der Waals surface area contributed by atoms with Crippen molar-refractivity contribution in [2.75, 3.05) is 25.5 Å². The molecule has 1 heterocycles. The predicted molar refractivity (Wildman–Crippen MR) is 83.5 cm³/mol. The van der Waals surface area contributed by atoms with Gasteiger partial charge in [-0.3, -0.25) is 4.21 Å². The van der Waals surface area contributed by atoms with Crippen LogP contribution in [0.3, 0.4) is 0 Å². The van der Waals surface area contributed by atoms with Crippen molar-refractivity contribution in [1.82, 2.24) is 5.32 Å². The molecule has 3 nitrogen and oxygen atoms in total. The standard InChI is InChI=1S/C16H25NO2S/c1-3-8-17-16(14-7-9-19-11-14)12-20(18)15-6-4-5-13(2)10-15/h4-6,10,14,16-17H,3,7-9,11-12H2,1-2H3. The van der Waals surface area contributed by atoms with E-state index in [1.807, 2.05) is 31.2 Å². The molecular weight excluding hydrogens is 270 g/mol. The molecule has 112 valence electrons. The zero-order valence-corrected chi connectivity index (χ0v) is 13.2. The Labute approximate surface area is 124 Å².